The van der Waals surface area contributed by atoms with Gasteiger partial charge < -0.3 is 5.32 Å². The minimum Gasteiger partial charge on any atom is -0.317 e. The summed E-state index contributed by atoms with van der Waals surface area (Å²) in [6, 6.07) is 0.610. The normalized spacial score (nSPS) is 14.9. The Hall–Kier alpha value is -0.830. The largest absolute Gasteiger partial charge is 0.317 e. The van der Waals surface area contributed by atoms with E-state index >= 15 is 0 Å². The number of nitrogens with one attached hydrogen (secondary N) is 1. The molecule has 1 aromatic rings. The third-order valence-corrected chi connectivity index (χ3v) is 4.07. The highest BCUT2D eigenvalue weighted by atomic mass is 15.3. The van der Waals surface area contributed by atoms with Crippen LogP contribution in [-0.4, -0.2) is 22.9 Å². The molecule has 2 unspecified atom stereocenters. The van der Waals surface area contributed by atoms with Crippen molar-refractivity contribution in [1.82, 2.24) is 15.1 Å². The summed E-state index contributed by atoms with van der Waals surface area (Å²) < 4.78 is 1.99. The number of aryl methyl sites for hydroxylation is 2. The maximum absolute atomic E-state index is 4.48. The molecule has 0 saturated heterocycles. The third-order valence-electron chi connectivity index (χ3n) is 4.07. The van der Waals surface area contributed by atoms with Crippen LogP contribution in [0.4, 0.5) is 0 Å². The average molecular weight is 237 g/mol. The van der Waals surface area contributed by atoms with Crippen LogP contribution >= 0.6 is 0 Å². The molecule has 17 heavy (non-hydrogen) atoms. The van der Waals surface area contributed by atoms with Gasteiger partial charge in [-0.05, 0) is 45.2 Å². The van der Waals surface area contributed by atoms with Crippen LogP contribution in [0, 0.1) is 19.8 Å². The van der Waals surface area contributed by atoms with E-state index in [1.165, 1.54) is 29.8 Å². The third kappa shape index (κ3) is 3.32. The Kier molecular flexibility index (Phi) is 5.19. The summed E-state index contributed by atoms with van der Waals surface area (Å²) in [5, 5.41) is 7.92. The summed E-state index contributed by atoms with van der Waals surface area (Å²) in [5.74, 6) is 0.734. The predicted molar refractivity (Wildman–Crippen MR) is 73.3 cm³/mol. The number of rotatable bonds is 6. The van der Waals surface area contributed by atoms with Gasteiger partial charge in [-0.15, -0.1) is 0 Å². The summed E-state index contributed by atoms with van der Waals surface area (Å²) >= 11 is 0. The van der Waals surface area contributed by atoms with Crippen LogP contribution in [0.25, 0.3) is 0 Å². The van der Waals surface area contributed by atoms with E-state index in [4.69, 9.17) is 0 Å². The van der Waals surface area contributed by atoms with E-state index in [2.05, 4.69) is 45.2 Å². The molecule has 1 aromatic heterocycles. The summed E-state index contributed by atoms with van der Waals surface area (Å²) in [4.78, 5) is 0. The van der Waals surface area contributed by atoms with E-state index in [-0.39, 0.29) is 0 Å². The van der Waals surface area contributed by atoms with E-state index in [0.29, 0.717) is 6.04 Å². The summed E-state index contributed by atoms with van der Waals surface area (Å²) in [5.41, 5.74) is 3.92. The van der Waals surface area contributed by atoms with Gasteiger partial charge in [-0.3, -0.25) is 4.68 Å². The molecule has 0 fully saturated rings. The smallest absolute Gasteiger partial charge is 0.0628 e. The van der Waals surface area contributed by atoms with Crippen LogP contribution in [0.3, 0.4) is 0 Å². The van der Waals surface area contributed by atoms with Gasteiger partial charge in [0.15, 0.2) is 0 Å². The second-order valence-corrected chi connectivity index (χ2v) is 5.09. The van der Waals surface area contributed by atoms with Gasteiger partial charge in [0.2, 0.25) is 0 Å². The second-order valence-electron chi connectivity index (χ2n) is 5.09. The summed E-state index contributed by atoms with van der Waals surface area (Å²) in [6.07, 6.45) is 3.55. The zero-order valence-electron chi connectivity index (χ0n) is 12.2. The van der Waals surface area contributed by atoms with Crippen molar-refractivity contribution < 1.29 is 0 Å². The van der Waals surface area contributed by atoms with Crippen LogP contribution in [0.1, 0.15) is 43.6 Å². The van der Waals surface area contributed by atoms with Crippen LogP contribution in [0.15, 0.2) is 0 Å². The molecule has 1 heterocycles. The molecule has 0 amide bonds. The Balaban J connectivity index is 2.66. The zero-order chi connectivity index (χ0) is 13.0. The van der Waals surface area contributed by atoms with Crippen molar-refractivity contribution in [1.29, 1.82) is 0 Å². The van der Waals surface area contributed by atoms with Gasteiger partial charge >= 0.3 is 0 Å². The molecule has 1 N–H and O–H groups in total. The van der Waals surface area contributed by atoms with Gasteiger partial charge in [0.05, 0.1) is 5.69 Å². The van der Waals surface area contributed by atoms with Gasteiger partial charge in [0, 0.05) is 18.8 Å². The number of hydrogen-bond acceptors (Lipinski definition) is 2. The first kappa shape index (κ1) is 14.2. The Morgan fingerprint density at radius 1 is 1.35 bits per heavy atom. The van der Waals surface area contributed by atoms with Crippen molar-refractivity contribution >= 4 is 0 Å². The lowest BCUT2D eigenvalue weighted by Gasteiger charge is -2.22. The van der Waals surface area contributed by atoms with Gasteiger partial charge in [0.25, 0.3) is 0 Å². The van der Waals surface area contributed by atoms with Gasteiger partial charge in [-0.2, -0.15) is 5.10 Å². The quantitative estimate of drug-likeness (QED) is 0.824. The average Bonchev–Trinajstić information content (AvgIpc) is 2.55. The first-order valence-corrected chi connectivity index (χ1v) is 6.67. The lowest BCUT2D eigenvalue weighted by atomic mass is 9.93. The fourth-order valence-electron chi connectivity index (χ4n) is 2.48. The molecule has 1 rings (SSSR count). The van der Waals surface area contributed by atoms with Crippen molar-refractivity contribution in [3.05, 3.63) is 17.0 Å². The minimum atomic E-state index is 0.610. The molecular formula is C14H27N3. The van der Waals surface area contributed by atoms with Crippen molar-refractivity contribution in [3.8, 4) is 0 Å². The topological polar surface area (TPSA) is 29.9 Å². The number of aromatic nitrogens is 2. The Labute approximate surface area is 106 Å². The fourth-order valence-corrected chi connectivity index (χ4v) is 2.48. The zero-order valence-corrected chi connectivity index (χ0v) is 12.2. The van der Waals surface area contributed by atoms with Crippen molar-refractivity contribution in [2.75, 3.05) is 7.05 Å². The maximum Gasteiger partial charge on any atom is 0.0628 e. The van der Waals surface area contributed by atoms with Gasteiger partial charge in [-0.1, -0.05) is 20.3 Å². The van der Waals surface area contributed by atoms with E-state index in [1.54, 1.807) is 0 Å². The molecule has 0 aliphatic heterocycles. The molecule has 0 saturated carbocycles. The standard InChI is InChI=1S/C14H27N3/c1-7-10(2)14(15-5)9-8-13-11(3)16-17(6)12(13)4/h10,14-15H,7-9H2,1-6H3. The van der Waals surface area contributed by atoms with E-state index in [1.807, 2.05) is 11.7 Å². The maximum atomic E-state index is 4.48. The van der Waals surface area contributed by atoms with Crippen LogP contribution in [-0.2, 0) is 13.5 Å². The van der Waals surface area contributed by atoms with Crippen molar-refractivity contribution in [2.24, 2.45) is 13.0 Å². The fraction of sp³-hybridized carbons (Fsp3) is 0.786. The van der Waals surface area contributed by atoms with E-state index < -0.39 is 0 Å². The molecule has 3 nitrogen and oxygen atoms in total. The first-order valence-electron chi connectivity index (χ1n) is 6.67. The van der Waals surface area contributed by atoms with E-state index in [9.17, 15) is 0 Å². The minimum absolute atomic E-state index is 0.610. The monoisotopic (exact) mass is 237 g/mol. The lowest BCUT2D eigenvalue weighted by Crippen LogP contribution is -2.32. The first-order chi connectivity index (χ1) is 8.01. The Bertz CT molecular complexity index is 355. The molecule has 0 aliphatic rings. The molecule has 0 aliphatic carbocycles. The molecule has 98 valence electrons. The highest BCUT2D eigenvalue weighted by Gasteiger charge is 2.16. The van der Waals surface area contributed by atoms with Gasteiger partial charge in [0.1, 0.15) is 0 Å². The SMILES string of the molecule is CCC(C)C(CCc1c(C)nn(C)c1C)NC. The second kappa shape index (κ2) is 6.20. The van der Waals surface area contributed by atoms with Crippen molar-refractivity contribution in [2.45, 2.75) is 53.0 Å². The molecule has 0 aromatic carbocycles. The van der Waals surface area contributed by atoms with Crippen LogP contribution < -0.4 is 5.32 Å². The Morgan fingerprint density at radius 2 is 2.00 bits per heavy atom. The van der Waals surface area contributed by atoms with E-state index in [0.717, 1.165) is 12.3 Å². The Morgan fingerprint density at radius 3 is 2.41 bits per heavy atom. The summed E-state index contributed by atoms with van der Waals surface area (Å²) in [7, 11) is 4.09. The molecule has 0 radical (unpaired) electrons. The van der Waals surface area contributed by atoms with Crippen LogP contribution in [0.2, 0.25) is 0 Å². The number of hydrogen-bond donors (Lipinski definition) is 1. The highest BCUT2D eigenvalue weighted by molar-refractivity contribution is 5.24. The predicted octanol–water partition coefficient (Wildman–Crippen LogP) is 2.60. The van der Waals surface area contributed by atoms with Crippen LogP contribution in [0.5, 0.6) is 0 Å². The summed E-state index contributed by atoms with van der Waals surface area (Å²) in [6.45, 7) is 8.85. The molecule has 3 heteroatoms. The number of nitrogens with zero attached hydrogens (tertiary/aromatic N) is 2. The van der Waals surface area contributed by atoms with Crippen molar-refractivity contribution in [3.63, 3.8) is 0 Å². The molecule has 2 atom stereocenters. The van der Waals surface area contributed by atoms with Gasteiger partial charge in [-0.25, -0.2) is 0 Å². The molecular weight excluding hydrogens is 210 g/mol. The molecule has 0 bridgehead atoms. The highest BCUT2D eigenvalue weighted by Crippen LogP contribution is 2.18. The molecule has 0 spiro atoms. The lowest BCUT2D eigenvalue weighted by molar-refractivity contribution is 0.368.